The van der Waals surface area contributed by atoms with Crippen LogP contribution in [-0.2, 0) is 10.1 Å². The topological polar surface area (TPSA) is 77.4 Å². The van der Waals surface area contributed by atoms with E-state index in [1.54, 1.807) is 12.1 Å². The summed E-state index contributed by atoms with van der Waals surface area (Å²) >= 11 is 0. The molecule has 0 aliphatic heterocycles. The normalized spacial score (nSPS) is 11.9. The van der Waals surface area contributed by atoms with Gasteiger partial charge < -0.3 is 9.66 Å². The van der Waals surface area contributed by atoms with Crippen LogP contribution in [0.25, 0.3) is 0 Å². The van der Waals surface area contributed by atoms with Crippen molar-refractivity contribution in [2.75, 3.05) is 0 Å². The molecule has 0 spiro atoms. The number of hydrogen-bond acceptors (Lipinski definition) is 4. The minimum absolute atomic E-state index is 0.337. The highest BCUT2D eigenvalue weighted by molar-refractivity contribution is 7.86. The summed E-state index contributed by atoms with van der Waals surface area (Å²) in [4.78, 5) is 0. The first kappa shape index (κ1) is 16.7. The fourth-order valence-electron chi connectivity index (χ4n) is 0.859. The van der Waals surface area contributed by atoms with Crippen LogP contribution in [0.2, 0.25) is 0 Å². The molecule has 1 rings (SSSR count). The maximum Gasteiger partial charge on any atom is 0.485 e. The van der Waals surface area contributed by atoms with Gasteiger partial charge in [-0.1, -0.05) is 26.0 Å². The molecule has 0 amide bonds. The van der Waals surface area contributed by atoms with E-state index < -0.39 is 15.6 Å². The van der Waals surface area contributed by atoms with E-state index in [0.29, 0.717) is 11.7 Å². The van der Waals surface area contributed by atoms with Crippen molar-refractivity contribution in [1.82, 2.24) is 0 Å². The third-order valence-corrected chi connectivity index (χ3v) is 2.41. The number of phenolic OH excluding ortho intramolecular Hbond substituents is 1. The smallest absolute Gasteiger partial charge is 0.485 e. The zero-order valence-corrected chi connectivity index (χ0v) is 10.4. The Labute approximate surface area is 103 Å². The molecular weight excluding hydrogens is 273 g/mol. The van der Waals surface area contributed by atoms with Gasteiger partial charge in [-0.05, 0) is 23.6 Å². The van der Waals surface area contributed by atoms with E-state index in [0.717, 1.165) is 0 Å². The van der Waals surface area contributed by atoms with Crippen LogP contribution in [0.3, 0.4) is 0 Å². The number of halogens is 3. The largest absolute Gasteiger partial charge is 0.741 e. The molecule has 8 heteroatoms. The summed E-state index contributed by atoms with van der Waals surface area (Å²) in [7, 11) is -6.09. The molecule has 0 saturated heterocycles. The molecule has 0 fully saturated rings. The van der Waals surface area contributed by atoms with Crippen molar-refractivity contribution < 1.29 is 31.2 Å². The van der Waals surface area contributed by atoms with Crippen molar-refractivity contribution in [2.45, 2.75) is 25.3 Å². The second-order valence-electron chi connectivity index (χ2n) is 3.65. The van der Waals surface area contributed by atoms with Gasteiger partial charge in [0.1, 0.15) is 5.75 Å². The highest BCUT2D eigenvalue weighted by atomic mass is 32.2. The molecular formula is C10H12F3O4S-. The second-order valence-corrected chi connectivity index (χ2v) is 5.02. The predicted octanol–water partition coefficient (Wildman–Crippen LogP) is 2.57. The van der Waals surface area contributed by atoms with Crippen LogP contribution in [-0.4, -0.2) is 23.6 Å². The Bertz CT molecular complexity index is 463. The zero-order chi connectivity index (χ0) is 14.6. The number of alkyl halides is 3. The molecule has 1 N–H and O–H groups in total. The van der Waals surface area contributed by atoms with Crippen molar-refractivity contribution in [3.8, 4) is 5.75 Å². The molecule has 18 heavy (non-hydrogen) atoms. The summed E-state index contributed by atoms with van der Waals surface area (Å²) in [6, 6.07) is 7.32. The molecule has 0 bridgehead atoms. The Kier molecular flexibility index (Phi) is 5.62. The molecule has 0 heterocycles. The van der Waals surface area contributed by atoms with Crippen molar-refractivity contribution in [3.05, 3.63) is 29.8 Å². The molecule has 1 aromatic carbocycles. The van der Waals surface area contributed by atoms with E-state index in [9.17, 15) is 13.2 Å². The van der Waals surface area contributed by atoms with Crippen LogP contribution < -0.4 is 0 Å². The molecule has 0 radical (unpaired) electrons. The Morgan fingerprint density at radius 1 is 1.17 bits per heavy atom. The first-order valence-corrected chi connectivity index (χ1v) is 6.17. The van der Waals surface area contributed by atoms with Gasteiger partial charge in [0, 0.05) is 0 Å². The van der Waals surface area contributed by atoms with Gasteiger partial charge in [0.25, 0.3) is 0 Å². The summed E-state index contributed by atoms with van der Waals surface area (Å²) in [6.07, 6.45) is 0. The monoisotopic (exact) mass is 285 g/mol. The Balaban J connectivity index is 0.000000331. The van der Waals surface area contributed by atoms with E-state index >= 15 is 0 Å². The Hall–Kier alpha value is -1.28. The maximum atomic E-state index is 10.7. The van der Waals surface area contributed by atoms with Crippen molar-refractivity contribution >= 4 is 10.1 Å². The molecule has 0 saturated carbocycles. The lowest BCUT2D eigenvalue weighted by Crippen LogP contribution is -2.21. The Morgan fingerprint density at radius 2 is 1.50 bits per heavy atom. The number of hydrogen-bond donors (Lipinski definition) is 1. The SMILES string of the molecule is CC(C)c1ccc(O)cc1.O=S(=O)([O-])C(F)(F)F. The van der Waals surface area contributed by atoms with Gasteiger partial charge in [-0.25, -0.2) is 8.42 Å². The Morgan fingerprint density at radius 3 is 1.72 bits per heavy atom. The standard InChI is InChI=1S/C9H12O.CHF3O3S/c1-7(2)8-3-5-9(10)6-4-8;2-1(3,4)8(5,6)7/h3-7,10H,1-2H3;(H,5,6,7)/p-1. The first-order chi connectivity index (χ1) is 7.95. The lowest BCUT2D eigenvalue weighted by Gasteiger charge is -2.08. The fourth-order valence-corrected chi connectivity index (χ4v) is 0.859. The molecule has 4 nitrogen and oxygen atoms in total. The minimum atomic E-state index is -6.09. The average molecular weight is 285 g/mol. The molecule has 0 aromatic heterocycles. The molecule has 0 aliphatic carbocycles. The van der Waals surface area contributed by atoms with Crippen LogP contribution in [0.4, 0.5) is 13.2 Å². The van der Waals surface area contributed by atoms with E-state index in [4.69, 9.17) is 18.1 Å². The quantitative estimate of drug-likeness (QED) is 0.635. The van der Waals surface area contributed by atoms with Gasteiger partial charge in [-0.2, -0.15) is 13.2 Å². The summed E-state index contributed by atoms with van der Waals surface area (Å²) in [6.45, 7) is 4.26. The van der Waals surface area contributed by atoms with Crippen LogP contribution in [0.1, 0.15) is 25.3 Å². The third-order valence-electron chi connectivity index (χ3n) is 1.84. The highest BCUT2D eigenvalue weighted by Crippen LogP contribution is 2.20. The molecule has 0 aliphatic rings. The van der Waals surface area contributed by atoms with Crippen molar-refractivity contribution in [1.29, 1.82) is 0 Å². The zero-order valence-electron chi connectivity index (χ0n) is 9.60. The van der Waals surface area contributed by atoms with E-state index in [2.05, 4.69) is 13.8 Å². The number of benzene rings is 1. The van der Waals surface area contributed by atoms with Gasteiger partial charge in [0.2, 0.25) is 0 Å². The van der Waals surface area contributed by atoms with Gasteiger partial charge >= 0.3 is 5.51 Å². The second kappa shape index (κ2) is 6.05. The maximum absolute atomic E-state index is 10.7. The van der Waals surface area contributed by atoms with E-state index in [1.807, 2.05) is 12.1 Å². The summed E-state index contributed by atoms with van der Waals surface area (Å²) in [5.74, 6) is 0.880. The average Bonchev–Trinajstić information content (AvgIpc) is 2.16. The fraction of sp³-hybridized carbons (Fsp3) is 0.400. The molecule has 0 unspecified atom stereocenters. The minimum Gasteiger partial charge on any atom is -0.741 e. The highest BCUT2D eigenvalue weighted by Gasteiger charge is 2.36. The van der Waals surface area contributed by atoms with Crippen LogP contribution in [0.15, 0.2) is 24.3 Å². The van der Waals surface area contributed by atoms with Crippen LogP contribution in [0.5, 0.6) is 5.75 Å². The van der Waals surface area contributed by atoms with Crippen LogP contribution >= 0.6 is 0 Å². The number of phenols is 1. The summed E-state index contributed by atoms with van der Waals surface area (Å²) in [5, 5.41) is 8.94. The van der Waals surface area contributed by atoms with Gasteiger partial charge in [0.15, 0.2) is 10.1 Å². The molecule has 1 aromatic rings. The summed E-state index contributed by atoms with van der Waals surface area (Å²) < 4.78 is 58.9. The van der Waals surface area contributed by atoms with Gasteiger partial charge in [-0.15, -0.1) is 0 Å². The molecule has 0 atom stereocenters. The third kappa shape index (κ3) is 5.87. The summed E-state index contributed by atoms with van der Waals surface area (Å²) in [5.41, 5.74) is -4.38. The van der Waals surface area contributed by atoms with Gasteiger partial charge in [-0.3, -0.25) is 0 Å². The van der Waals surface area contributed by atoms with E-state index in [-0.39, 0.29) is 0 Å². The van der Waals surface area contributed by atoms with Crippen molar-refractivity contribution in [2.24, 2.45) is 0 Å². The number of rotatable bonds is 1. The van der Waals surface area contributed by atoms with Crippen LogP contribution in [0, 0.1) is 0 Å². The van der Waals surface area contributed by atoms with Gasteiger partial charge in [0.05, 0.1) is 0 Å². The number of aromatic hydroxyl groups is 1. The first-order valence-electron chi connectivity index (χ1n) is 4.76. The lowest BCUT2D eigenvalue weighted by atomic mass is 10.0. The van der Waals surface area contributed by atoms with E-state index in [1.165, 1.54) is 5.56 Å². The predicted molar refractivity (Wildman–Crippen MR) is 57.9 cm³/mol. The molecule has 104 valence electrons. The van der Waals surface area contributed by atoms with Crippen molar-refractivity contribution in [3.63, 3.8) is 0 Å². The lowest BCUT2D eigenvalue weighted by molar-refractivity contribution is -0.0517.